The van der Waals surface area contributed by atoms with E-state index in [-0.39, 0.29) is 18.3 Å². The second-order valence-corrected chi connectivity index (χ2v) is 7.70. The maximum absolute atomic E-state index is 12.2. The van der Waals surface area contributed by atoms with Gasteiger partial charge in [0.25, 0.3) is 5.91 Å². The molecule has 0 unspecified atom stereocenters. The summed E-state index contributed by atoms with van der Waals surface area (Å²) in [5, 5.41) is 2.55. The van der Waals surface area contributed by atoms with Gasteiger partial charge in [0.2, 0.25) is 0 Å². The average Bonchev–Trinajstić information content (AvgIpc) is 3.25. The highest BCUT2D eigenvalue weighted by molar-refractivity contribution is 7.16. The van der Waals surface area contributed by atoms with Crippen molar-refractivity contribution >= 4 is 62.4 Å². The van der Waals surface area contributed by atoms with Crippen molar-refractivity contribution in [1.29, 1.82) is 0 Å². The van der Waals surface area contributed by atoms with Crippen LogP contribution in [0.15, 0.2) is 46.8 Å². The molecule has 3 aromatic rings. The number of fused-ring (bicyclic) bond motifs is 1. The van der Waals surface area contributed by atoms with E-state index >= 15 is 0 Å². The summed E-state index contributed by atoms with van der Waals surface area (Å²) in [7, 11) is 1.35. The number of ether oxygens (including phenoxy) is 1. The molecular formula is C18H15ClN2O3S2. The number of carbonyl (C=O) groups excluding carboxylic acids is 2. The maximum atomic E-state index is 12.2. The Bertz CT molecular complexity index is 1030. The van der Waals surface area contributed by atoms with Gasteiger partial charge < -0.3 is 9.30 Å². The van der Waals surface area contributed by atoms with Gasteiger partial charge in [-0.1, -0.05) is 29.0 Å². The Kier molecular flexibility index (Phi) is 6.03. The van der Waals surface area contributed by atoms with Gasteiger partial charge in [0, 0.05) is 22.5 Å². The van der Waals surface area contributed by atoms with E-state index in [0.717, 1.165) is 15.1 Å². The Morgan fingerprint density at radius 3 is 2.92 bits per heavy atom. The van der Waals surface area contributed by atoms with Gasteiger partial charge in [0.05, 0.1) is 23.7 Å². The number of rotatable bonds is 5. The van der Waals surface area contributed by atoms with Crippen molar-refractivity contribution in [3.05, 3.63) is 56.5 Å². The van der Waals surface area contributed by atoms with Crippen LogP contribution in [0.3, 0.4) is 0 Å². The molecule has 1 aromatic carbocycles. The number of thiophene rings is 1. The van der Waals surface area contributed by atoms with Crippen molar-refractivity contribution in [1.82, 2.24) is 4.57 Å². The lowest BCUT2D eigenvalue weighted by molar-refractivity contribution is -0.140. The van der Waals surface area contributed by atoms with Crippen LogP contribution in [0.1, 0.15) is 11.3 Å². The highest BCUT2D eigenvalue weighted by Gasteiger charge is 2.10. The zero-order chi connectivity index (χ0) is 18.5. The van der Waals surface area contributed by atoms with Crippen molar-refractivity contribution in [2.45, 2.75) is 13.0 Å². The number of methoxy groups -OCH3 is 1. The largest absolute Gasteiger partial charge is 0.469 e. The van der Waals surface area contributed by atoms with Crippen LogP contribution >= 0.6 is 34.3 Å². The molecule has 134 valence electrons. The van der Waals surface area contributed by atoms with Crippen LogP contribution in [0.4, 0.5) is 0 Å². The fourth-order valence-corrected chi connectivity index (χ4v) is 4.28. The van der Waals surface area contributed by atoms with E-state index in [1.165, 1.54) is 24.5 Å². The molecule has 2 heterocycles. The molecular weight excluding hydrogens is 392 g/mol. The van der Waals surface area contributed by atoms with Crippen LogP contribution in [-0.4, -0.2) is 23.6 Å². The third-order valence-corrected chi connectivity index (χ3v) is 5.66. The molecule has 0 aliphatic carbocycles. The Morgan fingerprint density at radius 2 is 2.19 bits per heavy atom. The first-order valence-corrected chi connectivity index (χ1v) is 9.80. The molecule has 0 fully saturated rings. The average molecular weight is 407 g/mol. The molecule has 0 N–H and O–H groups in total. The van der Waals surface area contributed by atoms with E-state index in [0.29, 0.717) is 16.4 Å². The number of aryl methyl sites for hydroxylation is 1. The van der Waals surface area contributed by atoms with Gasteiger partial charge in [0.1, 0.15) is 0 Å². The number of aromatic nitrogens is 1. The van der Waals surface area contributed by atoms with E-state index in [1.54, 1.807) is 23.5 Å². The summed E-state index contributed by atoms with van der Waals surface area (Å²) >= 11 is 8.96. The minimum atomic E-state index is -0.358. The number of hydrogen-bond acceptors (Lipinski definition) is 5. The number of esters is 1. The second-order valence-electron chi connectivity index (χ2n) is 5.27. The highest BCUT2D eigenvalue weighted by atomic mass is 35.5. The molecule has 0 atom stereocenters. The molecule has 0 radical (unpaired) electrons. The van der Waals surface area contributed by atoms with Crippen LogP contribution in [0.2, 0.25) is 5.02 Å². The van der Waals surface area contributed by atoms with Crippen molar-refractivity contribution in [3.8, 4) is 0 Å². The summed E-state index contributed by atoms with van der Waals surface area (Å²) in [5.74, 6) is -0.677. The molecule has 8 heteroatoms. The van der Waals surface area contributed by atoms with Gasteiger partial charge in [-0.15, -0.1) is 11.3 Å². The van der Waals surface area contributed by atoms with Gasteiger partial charge in [-0.25, -0.2) is 0 Å². The number of halogens is 1. The smallest absolute Gasteiger partial charge is 0.307 e. The number of benzene rings is 1. The number of amides is 1. The second kappa shape index (κ2) is 8.44. The summed E-state index contributed by atoms with van der Waals surface area (Å²) < 4.78 is 7.44. The number of hydrogen-bond donors (Lipinski definition) is 0. The first kappa shape index (κ1) is 18.6. The number of thiazole rings is 1. The fourth-order valence-electron chi connectivity index (χ4n) is 2.32. The van der Waals surface area contributed by atoms with E-state index in [2.05, 4.69) is 4.99 Å². The van der Waals surface area contributed by atoms with Gasteiger partial charge in [-0.05, 0) is 35.7 Å². The topological polar surface area (TPSA) is 60.7 Å². The molecule has 0 saturated heterocycles. The quantitative estimate of drug-likeness (QED) is 0.473. The Morgan fingerprint density at radius 1 is 1.35 bits per heavy atom. The van der Waals surface area contributed by atoms with Crippen molar-refractivity contribution in [2.75, 3.05) is 7.11 Å². The summed E-state index contributed by atoms with van der Waals surface area (Å²) in [6.07, 6.45) is 3.37. The maximum Gasteiger partial charge on any atom is 0.307 e. The van der Waals surface area contributed by atoms with E-state index < -0.39 is 0 Å². The van der Waals surface area contributed by atoms with Crippen LogP contribution in [-0.2, 0) is 20.9 Å². The van der Waals surface area contributed by atoms with Crippen molar-refractivity contribution < 1.29 is 14.3 Å². The molecule has 2 aromatic heterocycles. The standard InChI is InChI=1S/C18H15ClN2O3S2/c1-24-17(23)8-9-21-14-6-4-12(19)11-15(14)26-18(21)20-16(22)7-5-13-3-2-10-25-13/h2-7,10-11H,8-9H2,1H3/b7-5+,20-18?. The van der Waals surface area contributed by atoms with E-state index in [1.807, 2.05) is 34.2 Å². The molecule has 26 heavy (non-hydrogen) atoms. The van der Waals surface area contributed by atoms with Crippen LogP contribution in [0.25, 0.3) is 16.3 Å². The van der Waals surface area contributed by atoms with E-state index in [4.69, 9.17) is 16.3 Å². The molecule has 0 aliphatic heterocycles. The SMILES string of the molecule is COC(=O)CCn1c(=NC(=O)/C=C/c2cccs2)sc2cc(Cl)ccc21. The lowest BCUT2D eigenvalue weighted by Gasteiger charge is -2.04. The predicted molar refractivity (Wildman–Crippen MR) is 105 cm³/mol. The zero-order valence-electron chi connectivity index (χ0n) is 13.8. The lowest BCUT2D eigenvalue weighted by atomic mass is 10.3. The molecule has 0 saturated carbocycles. The first-order chi connectivity index (χ1) is 12.6. The summed E-state index contributed by atoms with van der Waals surface area (Å²) in [6, 6.07) is 9.29. The van der Waals surface area contributed by atoms with Crippen molar-refractivity contribution in [2.24, 2.45) is 4.99 Å². The molecule has 5 nitrogen and oxygen atoms in total. The van der Waals surface area contributed by atoms with Gasteiger partial charge >= 0.3 is 5.97 Å². The number of nitrogens with zero attached hydrogens (tertiary/aromatic N) is 2. The Hall–Kier alpha value is -2.22. The van der Waals surface area contributed by atoms with Gasteiger partial charge in [-0.3, -0.25) is 9.59 Å². The Balaban J connectivity index is 1.97. The molecule has 0 aliphatic rings. The lowest BCUT2D eigenvalue weighted by Crippen LogP contribution is -2.18. The molecule has 0 bridgehead atoms. The van der Waals surface area contributed by atoms with Crippen LogP contribution in [0.5, 0.6) is 0 Å². The summed E-state index contributed by atoms with van der Waals surface area (Å²) in [5.41, 5.74) is 0.872. The summed E-state index contributed by atoms with van der Waals surface area (Å²) in [4.78, 5) is 29.4. The van der Waals surface area contributed by atoms with Crippen LogP contribution < -0.4 is 4.80 Å². The normalized spacial score (nSPS) is 12.2. The molecule has 3 rings (SSSR count). The summed E-state index contributed by atoms with van der Waals surface area (Å²) in [6.45, 7) is 0.370. The fraction of sp³-hybridized carbons (Fsp3) is 0.167. The van der Waals surface area contributed by atoms with E-state index in [9.17, 15) is 9.59 Å². The van der Waals surface area contributed by atoms with Gasteiger partial charge in [0.15, 0.2) is 4.80 Å². The van der Waals surface area contributed by atoms with Crippen LogP contribution in [0, 0.1) is 0 Å². The first-order valence-electron chi connectivity index (χ1n) is 7.73. The third-order valence-electron chi connectivity index (χ3n) is 3.55. The van der Waals surface area contributed by atoms with Gasteiger partial charge in [-0.2, -0.15) is 4.99 Å². The molecule has 0 spiro atoms. The zero-order valence-corrected chi connectivity index (χ0v) is 16.2. The molecule has 1 amide bonds. The third kappa shape index (κ3) is 4.49. The monoisotopic (exact) mass is 406 g/mol. The Labute approximate surface area is 162 Å². The van der Waals surface area contributed by atoms with Crippen molar-refractivity contribution in [3.63, 3.8) is 0 Å². The predicted octanol–water partition coefficient (Wildman–Crippen LogP) is 4.12. The number of carbonyl (C=O) groups is 2. The highest BCUT2D eigenvalue weighted by Crippen LogP contribution is 2.22. The minimum absolute atomic E-state index is 0.192. The minimum Gasteiger partial charge on any atom is -0.469 e.